The van der Waals surface area contributed by atoms with Crippen LogP contribution in [0.5, 0.6) is 5.75 Å². The lowest BCUT2D eigenvalue weighted by Crippen LogP contribution is -2.13. The van der Waals surface area contributed by atoms with E-state index >= 15 is 0 Å². The summed E-state index contributed by atoms with van der Waals surface area (Å²) < 4.78 is 19.3. The minimum atomic E-state index is -0.250. The maximum atomic E-state index is 13.6. The third-order valence-corrected chi connectivity index (χ3v) is 4.22. The zero-order valence-electron chi connectivity index (χ0n) is 13.7. The Balaban J connectivity index is 1.54. The standard InChI is InChI=1S/C21H19ClFNO/c22-20-10-3-1-7-17(20)14-24-13-16-6-5-9-19(12-16)25-15-18-8-2-4-11-21(18)23/h1-12,24H,13-15H2. The summed E-state index contributed by atoms with van der Waals surface area (Å²) >= 11 is 6.15. The molecule has 0 saturated carbocycles. The molecule has 1 N–H and O–H groups in total. The molecule has 0 unspecified atom stereocenters. The number of hydrogen-bond acceptors (Lipinski definition) is 2. The summed E-state index contributed by atoms with van der Waals surface area (Å²) in [7, 11) is 0. The van der Waals surface area contributed by atoms with Crippen LogP contribution in [0.4, 0.5) is 4.39 Å². The Hall–Kier alpha value is -2.36. The number of nitrogens with one attached hydrogen (secondary N) is 1. The fraction of sp³-hybridized carbons (Fsp3) is 0.143. The van der Waals surface area contributed by atoms with Crippen molar-refractivity contribution in [3.63, 3.8) is 0 Å². The molecule has 3 rings (SSSR count). The van der Waals surface area contributed by atoms with Crippen LogP contribution in [-0.4, -0.2) is 0 Å². The van der Waals surface area contributed by atoms with E-state index in [1.807, 2.05) is 48.5 Å². The lowest BCUT2D eigenvalue weighted by atomic mass is 10.2. The molecule has 3 aromatic rings. The van der Waals surface area contributed by atoms with Crippen molar-refractivity contribution in [1.82, 2.24) is 5.32 Å². The van der Waals surface area contributed by atoms with Gasteiger partial charge in [0, 0.05) is 23.7 Å². The van der Waals surface area contributed by atoms with Crippen LogP contribution >= 0.6 is 11.6 Å². The maximum Gasteiger partial charge on any atom is 0.129 e. The minimum Gasteiger partial charge on any atom is -0.489 e. The van der Waals surface area contributed by atoms with E-state index in [0.29, 0.717) is 18.7 Å². The molecule has 0 bridgehead atoms. The summed E-state index contributed by atoms with van der Waals surface area (Å²) in [5.74, 6) is 0.473. The van der Waals surface area contributed by atoms with Gasteiger partial charge in [0.05, 0.1) is 0 Å². The van der Waals surface area contributed by atoms with Crippen molar-refractivity contribution < 1.29 is 9.13 Å². The van der Waals surface area contributed by atoms with Crippen molar-refractivity contribution in [3.8, 4) is 5.75 Å². The topological polar surface area (TPSA) is 21.3 Å². The molecule has 0 aliphatic heterocycles. The monoisotopic (exact) mass is 355 g/mol. The van der Waals surface area contributed by atoms with E-state index in [4.69, 9.17) is 16.3 Å². The average molecular weight is 356 g/mol. The molecule has 0 saturated heterocycles. The first-order chi connectivity index (χ1) is 12.2. The van der Waals surface area contributed by atoms with E-state index < -0.39 is 0 Å². The molecule has 0 amide bonds. The van der Waals surface area contributed by atoms with Gasteiger partial charge in [-0.15, -0.1) is 0 Å². The van der Waals surface area contributed by atoms with Crippen LogP contribution in [0.3, 0.4) is 0 Å². The highest BCUT2D eigenvalue weighted by Crippen LogP contribution is 2.17. The smallest absolute Gasteiger partial charge is 0.129 e. The second kappa shape index (κ2) is 8.65. The number of halogens is 2. The number of ether oxygens (including phenoxy) is 1. The molecule has 2 nitrogen and oxygen atoms in total. The van der Waals surface area contributed by atoms with E-state index in [-0.39, 0.29) is 12.4 Å². The minimum absolute atomic E-state index is 0.211. The van der Waals surface area contributed by atoms with Crippen molar-refractivity contribution in [1.29, 1.82) is 0 Å². The molecule has 0 aliphatic carbocycles. The van der Waals surface area contributed by atoms with Crippen LogP contribution in [0, 0.1) is 5.82 Å². The SMILES string of the molecule is Fc1ccccc1COc1cccc(CNCc2ccccc2Cl)c1. The van der Waals surface area contributed by atoms with Gasteiger partial charge in [0.15, 0.2) is 0 Å². The molecule has 0 atom stereocenters. The summed E-state index contributed by atoms with van der Waals surface area (Å²) in [6.45, 7) is 1.60. The largest absolute Gasteiger partial charge is 0.489 e. The number of rotatable bonds is 7. The van der Waals surface area contributed by atoms with Gasteiger partial charge in [-0.3, -0.25) is 0 Å². The molecule has 0 heterocycles. The van der Waals surface area contributed by atoms with Gasteiger partial charge in [-0.1, -0.05) is 60.1 Å². The molecule has 3 aromatic carbocycles. The molecule has 0 radical (unpaired) electrons. The van der Waals surface area contributed by atoms with Crippen molar-refractivity contribution in [3.05, 3.63) is 100 Å². The third kappa shape index (κ3) is 5.05. The molecular weight excluding hydrogens is 337 g/mol. The molecule has 0 spiro atoms. The molecule has 0 aromatic heterocycles. The van der Waals surface area contributed by atoms with Crippen LogP contribution in [-0.2, 0) is 19.7 Å². The summed E-state index contributed by atoms with van der Waals surface area (Å²) in [6.07, 6.45) is 0. The van der Waals surface area contributed by atoms with Crippen LogP contribution in [0.15, 0.2) is 72.8 Å². The Labute approximate surface area is 152 Å². The van der Waals surface area contributed by atoms with Gasteiger partial charge in [0.25, 0.3) is 0 Å². The predicted molar refractivity (Wildman–Crippen MR) is 99.2 cm³/mol. The van der Waals surface area contributed by atoms with Gasteiger partial charge in [0.1, 0.15) is 18.2 Å². The average Bonchev–Trinajstić information content (AvgIpc) is 2.63. The summed E-state index contributed by atoms with van der Waals surface area (Å²) in [6, 6.07) is 22.2. The lowest BCUT2D eigenvalue weighted by Gasteiger charge is -2.10. The van der Waals surface area contributed by atoms with Gasteiger partial charge in [-0.05, 0) is 35.4 Å². The first kappa shape index (κ1) is 17.5. The van der Waals surface area contributed by atoms with Crippen LogP contribution < -0.4 is 10.1 Å². The number of hydrogen-bond donors (Lipinski definition) is 1. The Kier molecular flexibility index (Phi) is 6.04. The fourth-order valence-corrected chi connectivity index (χ4v) is 2.71. The normalized spacial score (nSPS) is 10.6. The van der Waals surface area contributed by atoms with Gasteiger partial charge in [-0.2, -0.15) is 0 Å². The summed E-state index contributed by atoms with van der Waals surface area (Å²) in [5.41, 5.74) is 2.71. The van der Waals surface area contributed by atoms with E-state index in [1.165, 1.54) is 6.07 Å². The molecule has 0 fully saturated rings. The highest BCUT2D eigenvalue weighted by atomic mass is 35.5. The van der Waals surface area contributed by atoms with Crippen molar-refractivity contribution in [2.24, 2.45) is 0 Å². The van der Waals surface area contributed by atoms with Gasteiger partial charge in [0.2, 0.25) is 0 Å². The molecular formula is C21H19ClFNO. The molecule has 4 heteroatoms. The second-order valence-electron chi connectivity index (χ2n) is 5.72. The van der Waals surface area contributed by atoms with E-state index in [9.17, 15) is 4.39 Å². The second-order valence-corrected chi connectivity index (χ2v) is 6.13. The predicted octanol–water partition coefficient (Wildman–Crippen LogP) is 5.35. The van der Waals surface area contributed by atoms with Crippen LogP contribution in [0.1, 0.15) is 16.7 Å². The maximum absolute atomic E-state index is 13.6. The van der Waals surface area contributed by atoms with Crippen LogP contribution in [0.25, 0.3) is 0 Å². The lowest BCUT2D eigenvalue weighted by molar-refractivity contribution is 0.299. The third-order valence-electron chi connectivity index (χ3n) is 3.85. The van der Waals surface area contributed by atoms with Crippen molar-refractivity contribution in [2.45, 2.75) is 19.7 Å². The van der Waals surface area contributed by atoms with Gasteiger partial charge < -0.3 is 10.1 Å². The van der Waals surface area contributed by atoms with Gasteiger partial charge in [-0.25, -0.2) is 4.39 Å². The molecule has 25 heavy (non-hydrogen) atoms. The van der Waals surface area contributed by atoms with Gasteiger partial charge >= 0.3 is 0 Å². The fourth-order valence-electron chi connectivity index (χ4n) is 2.51. The van der Waals surface area contributed by atoms with E-state index in [1.54, 1.807) is 18.2 Å². The summed E-state index contributed by atoms with van der Waals surface area (Å²) in [5, 5.41) is 4.13. The van der Waals surface area contributed by atoms with E-state index in [0.717, 1.165) is 21.9 Å². The Morgan fingerprint density at radius 2 is 1.60 bits per heavy atom. The Morgan fingerprint density at radius 1 is 0.840 bits per heavy atom. The zero-order chi connectivity index (χ0) is 17.5. The number of benzene rings is 3. The van der Waals surface area contributed by atoms with E-state index in [2.05, 4.69) is 5.32 Å². The Bertz CT molecular complexity index is 837. The Morgan fingerprint density at radius 3 is 2.40 bits per heavy atom. The first-order valence-corrected chi connectivity index (χ1v) is 8.49. The molecule has 0 aliphatic rings. The first-order valence-electron chi connectivity index (χ1n) is 8.11. The zero-order valence-corrected chi connectivity index (χ0v) is 14.5. The highest BCUT2D eigenvalue weighted by molar-refractivity contribution is 6.31. The van der Waals surface area contributed by atoms with Crippen molar-refractivity contribution in [2.75, 3.05) is 0 Å². The highest BCUT2D eigenvalue weighted by Gasteiger charge is 2.03. The summed E-state index contributed by atoms with van der Waals surface area (Å²) in [4.78, 5) is 0. The van der Waals surface area contributed by atoms with Crippen molar-refractivity contribution >= 4 is 11.6 Å². The molecule has 128 valence electrons. The van der Waals surface area contributed by atoms with Crippen LogP contribution in [0.2, 0.25) is 5.02 Å². The quantitative estimate of drug-likeness (QED) is 0.617.